The molecule has 9 heteroatoms. The number of imide groups is 1. The summed E-state index contributed by atoms with van der Waals surface area (Å²) in [6.45, 7) is 1.67. The van der Waals surface area contributed by atoms with Crippen molar-refractivity contribution in [2.24, 2.45) is 0 Å². The summed E-state index contributed by atoms with van der Waals surface area (Å²) in [5.74, 6) is -0.987. The summed E-state index contributed by atoms with van der Waals surface area (Å²) in [4.78, 5) is 42.2. The molecule has 7 nitrogen and oxygen atoms in total. The molecule has 1 aliphatic heterocycles. The highest BCUT2D eigenvalue weighted by Crippen LogP contribution is 2.30. The molecule has 1 atom stereocenters. The van der Waals surface area contributed by atoms with Crippen LogP contribution in [0.1, 0.15) is 24.6 Å². The number of nitrogens with one attached hydrogen (secondary N) is 2. The highest BCUT2D eigenvalue weighted by atomic mass is 35.5. The number of carbonyl (C=O) groups excluding carboxylic acids is 3. The van der Waals surface area contributed by atoms with Crippen LogP contribution in [0.2, 0.25) is 5.02 Å². The number of halogens is 1. The number of aryl methyl sites for hydroxylation is 1. The molecule has 164 valence electrons. The van der Waals surface area contributed by atoms with Crippen molar-refractivity contribution in [2.75, 3.05) is 0 Å². The van der Waals surface area contributed by atoms with Crippen LogP contribution in [0.4, 0.5) is 4.79 Å². The monoisotopic (exact) mass is 468 g/mol. The van der Waals surface area contributed by atoms with Crippen molar-refractivity contribution in [2.45, 2.75) is 31.7 Å². The Labute approximate surface area is 194 Å². The number of hydrogen-bond acceptors (Lipinski definition) is 5. The second-order valence-electron chi connectivity index (χ2n) is 7.72. The zero-order chi connectivity index (χ0) is 22.7. The molecule has 0 bridgehead atoms. The molecule has 1 fully saturated rings. The standard InChI is InChI=1S/C23H21ClN4O3S/c1-23(12-11-15-7-3-2-4-8-15)21(30)28(22(31)26-23)27-19(29)13-16-14-32-20(25-16)17-9-5-6-10-18(17)24/h2-10,14H,11-13H2,1H3,(H,26,31)(H,27,29)/t23-/m1/s1. The van der Waals surface area contributed by atoms with E-state index in [9.17, 15) is 14.4 Å². The summed E-state index contributed by atoms with van der Waals surface area (Å²) in [7, 11) is 0. The third-order valence-electron chi connectivity index (χ3n) is 5.25. The van der Waals surface area contributed by atoms with E-state index in [1.54, 1.807) is 18.4 Å². The largest absolute Gasteiger partial charge is 0.344 e. The predicted molar refractivity (Wildman–Crippen MR) is 123 cm³/mol. The third-order valence-corrected chi connectivity index (χ3v) is 6.51. The van der Waals surface area contributed by atoms with Gasteiger partial charge < -0.3 is 5.32 Å². The molecule has 0 radical (unpaired) electrons. The van der Waals surface area contributed by atoms with Gasteiger partial charge in [0, 0.05) is 10.9 Å². The van der Waals surface area contributed by atoms with E-state index in [1.165, 1.54) is 11.3 Å². The predicted octanol–water partition coefficient (Wildman–Crippen LogP) is 3.98. The maximum absolute atomic E-state index is 12.9. The van der Waals surface area contributed by atoms with Crippen LogP contribution in [0.15, 0.2) is 60.0 Å². The minimum absolute atomic E-state index is 0.0707. The number of hydrazine groups is 1. The summed E-state index contributed by atoms with van der Waals surface area (Å²) in [6, 6.07) is 16.4. The second kappa shape index (κ2) is 9.10. The van der Waals surface area contributed by atoms with Crippen molar-refractivity contribution < 1.29 is 14.4 Å². The molecular formula is C23H21ClN4O3S. The molecule has 4 rings (SSSR count). The van der Waals surface area contributed by atoms with Crippen LogP contribution in [0.3, 0.4) is 0 Å². The van der Waals surface area contributed by atoms with Crippen LogP contribution in [0.5, 0.6) is 0 Å². The molecule has 0 unspecified atom stereocenters. The normalized spacial score (nSPS) is 18.0. The lowest BCUT2D eigenvalue weighted by atomic mass is 9.93. The maximum atomic E-state index is 12.9. The van der Waals surface area contributed by atoms with E-state index in [0.717, 1.165) is 16.1 Å². The van der Waals surface area contributed by atoms with Crippen molar-refractivity contribution in [1.82, 2.24) is 20.7 Å². The molecule has 2 N–H and O–H groups in total. The van der Waals surface area contributed by atoms with Gasteiger partial charge in [0.2, 0.25) is 5.91 Å². The van der Waals surface area contributed by atoms with Crippen molar-refractivity contribution >= 4 is 40.8 Å². The first-order valence-corrected chi connectivity index (χ1v) is 11.3. The first-order valence-electron chi connectivity index (χ1n) is 10.1. The number of nitrogens with zero attached hydrogens (tertiary/aromatic N) is 2. The number of rotatable bonds is 7. The highest BCUT2D eigenvalue weighted by Gasteiger charge is 2.48. The highest BCUT2D eigenvalue weighted by molar-refractivity contribution is 7.13. The van der Waals surface area contributed by atoms with E-state index in [-0.39, 0.29) is 6.42 Å². The van der Waals surface area contributed by atoms with Gasteiger partial charge in [-0.1, -0.05) is 60.1 Å². The first-order chi connectivity index (χ1) is 15.4. The molecule has 32 heavy (non-hydrogen) atoms. The van der Waals surface area contributed by atoms with Gasteiger partial charge in [-0.05, 0) is 31.4 Å². The van der Waals surface area contributed by atoms with E-state index in [0.29, 0.717) is 28.6 Å². The molecule has 1 saturated heterocycles. The minimum atomic E-state index is -1.09. The fourth-order valence-electron chi connectivity index (χ4n) is 3.47. The Bertz CT molecular complexity index is 1170. The summed E-state index contributed by atoms with van der Waals surface area (Å²) in [5.41, 5.74) is 3.71. The van der Waals surface area contributed by atoms with E-state index < -0.39 is 23.4 Å². The molecule has 1 aliphatic rings. The summed E-state index contributed by atoms with van der Waals surface area (Å²) < 4.78 is 0. The van der Waals surface area contributed by atoms with Gasteiger partial charge in [0.05, 0.1) is 17.1 Å². The zero-order valence-corrected chi connectivity index (χ0v) is 18.9. The number of thiazole rings is 1. The second-order valence-corrected chi connectivity index (χ2v) is 8.99. The smallest absolute Gasteiger partial charge is 0.322 e. The molecule has 2 heterocycles. The van der Waals surface area contributed by atoms with E-state index in [1.807, 2.05) is 48.5 Å². The van der Waals surface area contributed by atoms with Gasteiger partial charge in [0.25, 0.3) is 5.91 Å². The van der Waals surface area contributed by atoms with Crippen molar-refractivity contribution in [3.63, 3.8) is 0 Å². The maximum Gasteiger partial charge on any atom is 0.344 e. The molecular weight excluding hydrogens is 448 g/mol. The fraction of sp³-hybridized carbons (Fsp3) is 0.217. The zero-order valence-electron chi connectivity index (χ0n) is 17.3. The summed E-state index contributed by atoms with van der Waals surface area (Å²) >= 11 is 7.58. The third kappa shape index (κ3) is 4.66. The molecule has 1 aromatic heterocycles. The molecule has 0 saturated carbocycles. The van der Waals surface area contributed by atoms with Gasteiger partial charge in [0.1, 0.15) is 10.5 Å². The van der Waals surface area contributed by atoms with Crippen LogP contribution in [0, 0.1) is 0 Å². The molecule has 0 aliphatic carbocycles. The van der Waals surface area contributed by atoms with Crippen molar-refractivity contribution in [1.29, 1.82) is 0 Å². The number of carbonyl (C=O) groups is 3. The van der Waals surface area contributed by atoms with Crippen LogP contribution in [-0.2, 0) is 22.4 Å². The lowest BCUT2D eigenvalue weighted by Crippen LogP contribution is -2.49. The number of aromatic nitrogens is 1. The van der Waals surface area contributed by atoms with Crippen LogP contribution >= 0.6 is 22.9 Å². The summed E-state index contributed by atoms with van der Waals surface area (Å²) in [5, 5.41) is 6.48. The number of hydrogen-bond donors (Lipinski definition) is 2. The van der Waals surface area contributed by atoms with E-state index >= 15 is 0 Å². The fourth-order valence-corrected chi connectivity index (χ4v) is 4.61. The molecule has 4 amide bonds. The Morgan fingerprint density at radius 1 is 1.16 bits per heavy atom. The molecule has 3 aromatic rings. The van der Waals surface area contributed by atoms with Crippen LogP contribution in [-0.4, -0.2) is 33.4 Å². The Kier molecular flexibility index (Phi) is 6.25. The van der Waals surface area contributed by atoms with Crippen molar-refractivity contribution in [3.8, 4) is 10.6 Å². The Balaban J connectivity index is 1.37. The van der Waals surface area contributed by atoms with Gasteiger partial charge >= 0.3 is 6.03 Å². The number of amides is 4. The topological polar surface area (TPSA) is 91.4 Å². The average molecular weight is 469 g/mol. The van der Waals surface area contributed by atoms with E-state index in [4.69, 9.17) is 11.6 Å². The first kappa shape index (κ1) is 22.0. The van der Waals surface area contributed by atoms with Gasteiger partial charge in [-0.15, -0.1) is 11.3 Å². The van der Waals surface area contributed by atoms with Gasteiger partial charge in [-0.3, -0.25) is 15.0 Å². The lowest BCUT2D eigenvalue weighted by molar-refractivity contribution is -0.138. The SMILES string of the molecule is C[C@]1(CCc2ccccc2)NC(=O)N(NC(=O)Cc2csc(-c3ccccc3Cl)n2)C1=O. The van der Waals surface area contributed by atoms with Gasteiger partial charge in [-0.2, -0.15) is 5.01 Å². The quantitative estimate of drug-likeness (QED) is 0.513. The minimum Gasteiger partial charge on any atom is -0.322 e. The number of urea groups is 1. The Morgan fingerprint density at radius 3 is 2.62 bits per heavy atom. The lowest BCUT2D eigenvalue weighted by Gasteiger charge is -2.21. The molecule has 0 spiro atoms. The average Bonchev–Trinajstić information content (AvgIpc) is 3.32. The van der Waals surface area contributed by atoms with Crippen LogP contribution in [0.25, 0.3) is 10.6 Å². The van der Waals surface area contributed by atoms with Gasteiger partial charge in [-0.25, -0.2) is 9.78 Å². The molecule has 2 aromatic carbocycles. The van der Waals surface area contributed by atoms with E-state index in [2.05, 4.69) is 15.7 Å². The number of benzene rings is 2. The van der Waals surface area contributed by atoms with Crippen molar-refractivity contribution in [3.05, 3.63) is 76.3 Å². The van der Waals surface area contributed by atoms with Crippen LogP contribution < -0.4 is 10.7 Å². The van der Waals surface area contributed by atoms with Gasteiger partial charge in [0.15, 0.2) is 0 Å². The Morgan fingerprint density at radius 2 is 1.88 bits per heavy atom. The summed E-state index contributed by atoms with van der Waals surface area (Å²) in [6.07, 6.45) is 0.967. The Hall–Kier alpha value is -3.23.